The highest BCUT2D eigenvalue weighted by Gasteiger charge is 2.22. The summed E-state index contributed by atoms with van der Waals surface area (Å²) in [6, 6.07) is 7.89. The number of amides is 1. The Kier molecular flexibility index (Phi) is 4.95. The number of nitrogens with one attached hydrogen (secondary N) is 2. The summed E-state index contributed by atoms with van der Waals surface area (Å²) in [6.45, 7) is 1.93. The average molecular weight is 401 g/mol. The van der Waals surface area contributed by atoms with Gasteiger partial charge in [0.2, 0.25) is 5.91 Å². The molecule has 0 fully saturated rings. The second-order valence-electron chi connectivity index (χ2n) is 5.57. The molecule has 0 aliphatic carbocycles. The molecule has 0 saturated carbocycles. The van der Waals surface area contributed by atoms with Gasteiger partial charge < -0.3 is 5.32 Å². The van der Waals surface area contributed by atoms with Gasteiger partial charge in [-0.3, -0.25) is 9.52 Å². The van der Waals surface area contributed by atoms with Crippen molar-refractivity contribution in [2.24, 2.45) is 0 Å². The van der Waals surface area contributed by atoms with Gasteiger partial charge in [0.15, 0.2) is 0 Å². The zero-order valence-electron chi connectivity index (χ0n) is 13.0. The van der Waals surface area contributed by atoms with Crippen LogP contribution in [0.3, 0.4) is 0 Å². The fourth-order valence-corrected chi connectivity index (χ4v) is 4.80. The second-order valence-corrected chi connectivity index (χ2v) is 9.14. The molecule has 0 spiro atoms. The van der Waals surface area contributed by atoms with E-state index in [-0.39, 0.29) is 26.8 Å². The molecule has 1 atom stereocenters. The van der Waals surface area contributed by atoms with Crippen LogP contribution in [0, 0.1) is 5.82 Å². The molecule has 1 aliphatic heterocycles. The van der Waals surface area contributed by atoms with Gasteiger partial charge in [0.05, 0.1) is 21.3 Å². The van der Waals surface area contributed by atoms with Crippen molar-refractivity contribution in [1.29, 1.82) is 0 Å². The second kappa shape index (κ2) is 6.86. The summed E-state index contributed by atoms with van der Waals surface area (Å²) in [7, 11) is -3.94. The van der Waals surface area contributed by atoms with Crippen molar-refractivity contribution in [1.82, 2.24) is 0 Å². The number of halogens is 2. The van der Waals surface area contributed by atoms with Gasteiger partial charge in [-0.15, -0.1) is 11.8 Å². The van der Waals surface area contributed by atoms with Crippen LogP contribution in [0.25, 0.3) is 0 Å². The Morgan fingerprint density at radius 1 is 1.28 bits per heavy atom. The van der Waals surface area contributed by atoms with Crippen molar-refractivity contribution in [3.63, 3.8) is 0 Å². The Hall–Kier alpha value is -1.77. The van der Waals surface area contributed by atoms with E-state index in [1.807, 2.05) is 6.92 Å². The number of carbonyl (C=O) groups is 1. The monoisotopic (exact) mass is 400 g/mol. The molecule has 0 radical (unpaired) electrons. The smallest absolute Gasteiger partial charge is 0.262 e. The van der Waals surface area contributed by atoms with Crippen LogP contribution in [-0.2, 0) is 14.8 Å². The van der Waals surface area contributed by atoms with Crippen molar-refractivity contribution >= 4 is 50.7 Å². The molecule has 1 amide bonds. The van der Waals surface area contributed by atoms with E-state index < -0.39 is 15.8 Å². The molecule has 5 nitrogen and oxygen atoms in total. The summed E-state index contributed by atoms with van der Waals surface area (Å²) < 4.78 is 40.6. The molecule has 132 valence electrons. The molecular weight excluding hydrogens is 387 g/mol. The number of rotatable bonds is 3. The van der Waals surface area contributed by atoms with Crippen LogP contribution in [0.2, 0.25) is 5.02 Å². The molecule has 9 heteroatoms. The maximum atomic E-state index is 13.1. The predicted molar refractivity (Wildman–Crippen MR) is 97.2 cm³/mol. The number of hydrogen-bond acceptors (Lipinski definition) is 4. The number of sulfonamides is 1. The van der Waals surface area contributed by atoms with E-state index in [9.17, 15) is 17.6 Å². The zero-order chi connectivity index (χ0) is 18.2. The van der Waals surface area contributed by atoms with Crippen molar-refractivity contribution in [3.8, 4) is 0 Å². The van der Waals surface area contributed by atoms with Crippen molar-refractivity contribution in [3.05, 3.63) is 47.2 Å². The summed E-state index contributed by atoms with van der Waals surface area (Å²) in [5.41, 5.74) is 0.525. The molecule has 0 saturated heterocycles. The average Bonchev–Trinajstić information content (AvgIpc) is 2.65. The number of thioether (sulfide) groups is 1. The number of carbonyl (C=O) groups excluding carboxylic acids is 1. The lowest BCUT2D eigenvalue weighted by Gasteiger charge is -2.12. The van der Waals surface area contributed by atoms with Gasteiger partial charge in [-0.05, 0) is 36.4 Å². The lowest BCUT2D eigenvalue weighted by atomic mass is 10.3. The fourth-order valence-electron chi connectivity index (χ4n) is 2.37. The largest absolute Gasteiger partial charge is 0.325 e. The minimum absolute atomic E-state index is 0.0258. The Morgan fingerprint density at radius 3 is 2.76 bits per heavy atom. The third-order valence-electron chi connectivity index (χ3n) is 3.51. The summed E-state index contributed by atoms with van der Waals surface area (Å²) in [4.78, 5) is 12.6. The van der Waals surface area contributed by atoms with Gasteiger partial charge >= 0.3 is 0 Å². The molecule has 1 heterocycles. The Morgan fingerprint density at radius 2 is 2.04 bits per heavy atom. The minimum atomic E-state index is -3.94. The van der Waals surface area contributed by atoms with Gasteiger partial charge in [-0.2, -0.15) is 0 Å². The molecule has 2 N–H and O–H groups in total. The molecular formula is C16H14ClFN2O3S2. The summed E-state index contributed by atoms with van der Waals surface area (Å²) in [6.07, 6.45) is 0.352. The van der Waals surface area contributed by atoms with Gasteiger partial charge in [0.25, 0.3) is 10.0 Å². The molecule has 2 aromatic carbocycles. The normalized spacial score (nSPS) is 17.4. The van der Waals surface area contributed by atoms with Crippen LogP contribution in [-0.4, -0.2) is 19.6 Å². The Labute approximate surface area is 154 Å². The Balaban J connectivity index is 1.94. The van der Waals surface area contributed by atoms with Gasteiger partial charge in [0, 0.05) is 16.6 Å². The highest BCUT2D eigenvalue weighted by Crippen LogP contribution is 2.36. The minimum Gasteiger partial charge on any atom is -0.325 e. The van der Waals surface area contributed by atoms with Crippen LogP contribution in [0.5, 0.6) is 0 Å². The van der Waals surface area contributed by atoms with Gasteiger partial charge in [-0.25, -0.2) is 12.8 Å². The third kappa shape index (κ3) is 4.08. The fraction of sp³-hybridized carbons (Fsp3) is 0.188. The van der Waals surface area contributed by atoms with Crippen LogP contribution < -0.4 is 10.0 Å². The van der Waals surface area contributed by atoms with E-state index in [1.165, 1.54) is 30.0 Å². The third-order valence-corrected chi connectivity index (χ3v) is 6.37. The standard InChI is InChI=1S/C16H14ClFN2O3S2/c1-9-6-16(21)19-14-8-11(3-5-15(14)24-9)25(22,23)20-13-4-2-10(18)7-12(13)17/h2-5,7-9,20H,6H2,1H3,(H,19,21)/t9-/m1/s1. The highest BCUT2D eigenvalue weighted by atomic mass is 35.5. The first-order valence-electron chi connectivity index (χ1n) is 7.33. The predicted octanol–water partition coefficient (Wildman–Crippen LogP) is 4.10. The molecule has 1 aliphatic rings. The first-order valence-corrected chi connectivity index (χ1v) is 10.1. The lowest BCUT2D eigenvalue weighted by molar-refractivity contribution is -0.116. The molecule has 2 aromatic rings. The van der Waals surface area contributed by atoms with E-state index in [1.54, 1.807) is 6.07 Å². The molecule has 25 heavy (non-hydrogen) atoms. The highest BCUT2D eigenvalue weighted by molar-refractivity contribution is 8.00. The van der Waals surface area contributed by atoms with Crippen LogP contribution >= 0.6 is 23.4 Å². The van der Waals surface area contributed by atoms with E-state index in [2.05, 4.69) is 10.0 Å². The summed E-state index contributed by atoms with van der Waals surface area (Å²) >= 11 is 7.37. The van der Waals surface area contributed by atoms with Crippen molar-refractivity contribution in [2.75, 3.05) is 10.0 Å². The quantitative estimate of drug-likeness (QED) is 0.813. The van der Waals surface area contributed by atoms with Crippen LogP contribution in [0.4, 0.5) is 15.8 Å². The van der Waals surface area contributed by atoms with Crippen molar-refractivity contribution < 1.29 is 17.6 Å². The number of benzene rings is 2. The lowest BCUT2D eigenvalue weighted by Crippen LogP contribution is -2.15. The molecule has 0 unspecified atom stereocenters. The first-order chi connectivity index (χ1) is 11.7. The SMILES string of the molecule is C[C@@H]1CC(=O)Nc2cc(S(=O)(=O)Nc3ccc(F)cc3Cl)ccc2S1. The molecule has 0 aromatic heterocycles. The summed E-state index contributed by atoms with van der Waals surface area (Å²) in [5, 5.41) is 2.77. The van der Waals surface area contributed by atoms with Crippen LogP contribution in [0.1, 0.15) is 13.3 Å². The van der Waals surface area contributed by atoms with E-state index >= 15 is 0 Å². The maximum absolute atomic E-state index is 13.1. The zero-order valence-corrected chi connectivity index (χ0v) is 15.4. The van der Waals surface area contributed by atoms with Gasteiger partial charge in [-0.1, -0.05) is 18.5 Å². The van der Waals surface area contributed by atoms with E-state index in [0.29, 0.717) is 12.1 Å². The first kappa shape index (κ1) is 18.0. The topological polar surface area (TPSA) is 75.3 Å². The summed E-state index contributed by atoms with van der Waals surface area (Å²) in [5.74, 6) is -0.727. The molecule has 3 rings (SSSR count). The molecule has 0 bridgehead atoms. The maximum Gasteiger partial charge on any atom is 0.262 e. The van der Waals surface area contributed by atoms with E-state index in [0.717, 1.165) is 17.0 Å². The van der Waals surface area contributed by atoms with Crippen molar-refractivity contribution in [2.45, 2.75) is 28.4 Å². The van der Waals surface area contributed by atoms with Crippen LogP contribution in [0.15, 0.2) is 46.2 Å². The number of hydrogen-bond donors (Lipinski definition) is 2. The Bertz CT molecular complexity index is 950. The number of fused-ring (bicyclic) bond motifs is 1. The number of anilines is 2. The van der Waals surface area contributed by atoms with Gasteiger partial charge in [0.1, 0.15) is 5.82 Å². The van der Waals surface area contributed by atoms with E-state index in [4.69, 9.17) is 11.6 Å².